The summed E-state index contributed by atoms with van der Waals surface area (Å²) < 4.78 is 0. The molecule has 1 fully saturated rings. The van der Waals surface area contributed by atoms with Gasteiger partial charge >= 0.3 is 0 Å². The van der Waals surface area contributed by atoms with Gasteiger partial charge in [-0.25, -0.2) is 0 Å². The zero-order valence-electron chi connectivity index (χ0n) is 14.5. The zero-order valence-corrected chi connectivity index (χ0v) is 14.5. The van der Waals surface area contributed by atoms with Crippen molar-refractivity contribution in [3.05, 3.63) is 59.2 Å². The SMILES string of the molecule is C[C@@H]1[C@@H]2Cc3ccc(O)cc3[C@@]1(C)CCN2Cc1ccc(N)cc1. The lowest BCUT2D eigenvalue weighted by molar-refractivity contribution is 0.0258. The number of phenolic OH excluding ortho intramolecular Hbond substituents is 1. The van der Waals surface area contributed by atoms with Crippen LogP contribution in [-0.4, -0.2) is 22.6 Å². The van der Waals surface area contributed by atoms with Gasteiger partial charge in [-0.3, -0.25) is 4.90 Å². The molecule has 3 nitrogen and oxygen atoms in total. The monoisotopic (exact) mass is 322 g/mol. The molecule has 2 aromatic carbocycles. The third-order valence-corrected chi connectivity index (χ3v) is 6.47. The summed E-state index contributed by atoms with van der Waals surface area (Å²) in [4.78, 5) is 2.63. The van der Waals surface area contributed by atoms with E-state index in [4.69, 9.17) is 5.73 Å². The Bertz CT molecular complexity index is 755. The molecule has 24 heavy (non-hydrogen) atoms. The van der Waals surface area contributed by atoms with E-state index in [2.05, 4.69) is 36.9 Å². The van der Waals surface area contributed by atoms with Gasteiger partial charge in [-0.05, 0) is 71.7 Å². The summed E-state index contributed by atoms with van der Waals surface area (Å²) in [7, 11) is 0. The van der Waals surface area contributed by atoms with Gasteiger partial charge in [0.2, 0.25) is 0 Å². The third-order valence-electron chi connectivity index (χ3n) is 6.47. The molecule has 0 spiro atoms. The Labute approximate surface area is 144 Å². The number of aromatic hydroxyl groups is 1. The molecule has 0 radical (unpaired) electrons. The van der Waals surface area contributed by atoms with E-state index in [0.29, 0.717) is 17.7 Å². The first kappa shape index (κ1) is 15.5. The second-order valence-electron chi connectivity index (χ2n) is 7.78. The van der Waals surface area contributed by atoms with Gasteiger partial charge in [0, 0.05) is 18.3 Å². The van der Waals surface area contributed by atoms with Crippen molar-refractivity contribution < 1.29 is 5.11 Å². The molecule has 0 amide bonds. The summed E-state index contributed by atoms with van der Waals surface area (Å²) in [5.74, 6) is 0.972. The number of likely N-dealkylation sites (tertiary alicyclic amines) is 1. The van der Waals surface area contributed by atoms with Crippen LogP contribution in [0.15, 0.2) is 42.5 Å². The van der Waals surface area contributed by atoms with Crippen LogP contribution in [-0.2, 0) is 18.4 Å². The minimum atomic E-state index is 0.161. The molecular weight excluding hydrogens is 296 g/mol. The number of phenols is 1. The molecule has 1 heterocycles. The number of piperidine rings is 1. The molecule has 0 aromatic heterocycles. The van der Waals surface area contributed by atoms with Gasteiger partial charge in [0.05, 0.1) is 0 Å². The number of nitrogens with two attached hydrogens (primary N) is 1. The molecule has 1 aliphatic carbocycles. The van der Waals surface area contributed by atoms with Crippen molar-refractivity contribution in [2.45, 2.75) is 44.7 Å². The van der Waals surface area contributed by atoms with E-state index in [0.717, 1.165) is 31.6 Å². The number of anilines is 1. The fraction of sp³-hybridized carbons (Fsp3) is 0.429. The Morgan fingerprint density at radius 1 is 1.21 bits per heavy atom. The summed E-state index contributed by atoms with van der Waals surface area (Å²) in [6.07, 6.45) is 2.21. The first-order valence-electron chi connectivity index (χ1n) is 8.88. The molecule has 4 rings (SSSR count). The predicted octanol–water partition coefficient (Wildman–Crippen LogP) is 3.70. The predicted molar refractivity (Wildman–Crippen MR) is 98.0 cm³/mol. The van der Waals surface area contributed by atoms with Gasteiger partial charge in [0.15, 0.2) is 0 Å². The first-order valence-corrected chi connectivity index (χ1v) is 8.88. The van der Waals surface area contributed by atoms with Gasteiger partial charge in [0.1, 0.15) is 5.75 Å². The Morgan fingerprint density at radius 3 is 2.71 bits per heavy atom. The van der Waals surface area contributed by atoms with Crippen LogP contribution in [0.5, 0.6) is 5.75 Å². The van der Waals surface area contributed by atoms with Gasteiger partial charge < -0.3 is 10.8 Å². The summed E-state index contributed by atoms with van der Waals surface area (Å²) in [6, 6.07) is 14.8. The third kappa shape index (κ3) is 2.39. The van der Waals surface area contributed by atoms with Crippen LogP contribution in [0.4, 0.5) is 5.69 Å². The number of hydrogen-bond acceptors (Lipinski definition) is 3. The van der Waals surface area contributed by atoms with E-state index in [1.807, 2.05) is 24.3 Å². The van der Waals surface area contributed by atoms with E-state index in [9.17, 15) is 5.11 Å². The number of rotatable bonds is 2. The highest BCUT2D eigenvalue weighted by molar-refractivity contribution is 5.44. The topological polar surface area (TPSA) is 49.5 Å². The van der Waals surface area contributed by atoms with Gasteiger partial charge in [-0.2, -0.15) is 0 Å². The average molecular weight is 322 g/mol. The average Bonchev–Trinajstić information content (AvgIpc) is 2.56. The molecule has 0 saturated carbocycles. The first-order chi connectivity index (χ1) is 11.5. The van der Waals surface area contributed by atoms with Crippen LogP contribution >= 0.6 is 0 Å². The summed E-state index contributed by atoms with van der Waals surface area (Å²) in [5, 5.41) is 9.93. The van der Waals surface area contributed by atoms with Gasteiger partial charge in [-0.15, -0.1) is 0 Å². The van der Waals surface area contributed by atoms with Crippen LogP contribution in [0, 0.1) is 5.92 Å². The lowest BCUT2D eigenvalue weighted by Crippen LogP contribution is -2.57. The highest BCUT2D eigenvalue weighted by atomic mass is 16.3. The molecule has 126 valence electrons. The highest BCUT2D eigenvalue weighted by Gasteiger charge is 2.48. The molecule has 1 aliphatic heterocycles. The number of fused-ring (bicyclic) bond motifs is 4. The number of hydrogen-bond donors (Lipinski definition) is 2. The smallest absolute Gasteiger partial charge is 0.115 e. The van der Waals surface area contributed by atoms with Crippen LogP contribution in [0.25, 0.3) is 0 Å². The summed E-state index contributed by atoms with van der Waals surface area (Å²) in [5.41, 5.74) is 10.9. The Morgan fingerprint density at radius 2 is 1.96 bits per heavy atom. The van der Waals surface area contributed by atoms with E-state index in [1.165, 1.54) is 16.7 Å². The van der Waals surface area contributed by atoms with Crippen molar-refractivity contribution in [1.82, 2.24) is 4.90 Å². The molecular formula is C21H26N2O. The second kappa shape index (κ2) is 5.52. The van der Waals surface area contributed by atoms with Crippen molar-refractivity contribution in [3.63, 3.8) is 0 Å². The lowest BCUT2D eigenvalue weighted by atomic mass is 9.59. The van der Waals surface area contributed by atoms with Crippen LogP contribution in [0.2, 0.25) is 0 Å². The molecule has 2 aromatic rings. The summed E-state index contributed by atoms with van der Waals surface area (Å²) in [6.45, 7) is 6.85. The van der Waals surface area contributed by atoms with Crippen LogP contribution in [0.1, 0.15) is 37.0 Å². The number of nitrogen functional groups attached to an aromatic ring is 1. The Balaban J connectivity index is 1.65. The fourth-order valence-electron chi connectivity index (χ4n) is 4.75. The molecule has 0 unspecified atom stereocenters. The van der Waals surface area contributed by atoms with Crippen molar-refractivity contribution >= 4 is 5.69 Å². The second-order valence-corrected chi connectivity index (χ2v) is 7.78. The maximum Gasteiger partial charge on any atom is 0.115 e. The standard InChI is InChI=1S/C21H26N2O/c1-14-20-11-16-5-8-18(24)12-19(16)21(14,2)9-10-23(20)13-15-3-6-17(22)7-4-15/h3-8,12,14,20,24H,9-11,13,22H2,1-2H3/t14-,20+,21+/m1/s1. The number of nitrogens with zero attached hydrogens (tertiary/aromatic N) is 1. The lowest BCUT2D eigenvalue weighted by Gasteiger charge is -2.54. The van der Waals surface area contributed by atoms with Crippen molar-refractivity contribution in [1.29, 1.82) is 0 Å². The minimum absolute atomic E-state index is 0.161. The molecule has 2 bridgehead atoms. The number of benzene rings is 2. The largest absolute Gasteiger partial charge is 0.508 e. The van der Waals surface area contributed by atoms with E-state index in [-0.39, 0.29) is 5.41 Å². The highest BCUT2D eigenvalue weighted by Crippen LogP contribution is 2.49. The molecule has 3 N–H and O–H groups in total. The van der Waals surface area contributed by atoms with E-state index in [1.54, 1.807) is 0 Å². The summed E-state index contributed by atoms with van der Waals surface area (Å²) >= 11 is 0. The van der Waals surface area contributed by atoms with E-state index >= 15 is 0 Å². The quantitative estimate of drug-likeness (QED) is 0.829. The minimum Gasteiger partial charge on any atom is -0.508 e. The van der Waals surface area contributed by atoms with Crippen LogP contribution < -0.4 is 5.73 Å². The molecule has 2 aliphatic rings. The van der Waals surface area contributed by atoms with Gasteiger partial charge in [0.25, 0.3) is 0 Å². The molecule has 3 heteroatoms. The normalized spacial score (nSPS) is 29.2. The van der Waals surface area contributed by atoms with E-state index < -0.39 is 0 Å². The maximum absolute atomic E-state index is 9.93. The Hall–Kier alpha value is -2.00. The molecule has 3 atom stereocenters. The van der Waals surface area contributed by atoms with Gasteiger partial charge in [-0.1, -0.05) is 32.0 Å². The Kier molecular flexibility index (Phi) is 3.57. The molecule has 1 saturated heterocycles. The maximum atomic E-state index is 9.93. The van der Waals surface area contributed by atoms with Crippen LogP contribution in [0.3, 0.4) is 0 Å². The zero-order chi connectivity index (χ0) is 16.9. The van der Waals surface area contributed by atoms with Crippen molar-refractivity contribution in [3.8, 4) is 5.75 Å². The fourth-order valence-corrected chi connectivity index (χ4v) is 4.75. The van der Waals surface area contributed by atoms with Crippen molar-refractivity contribution in [2.24, 2.45) is 5.92 Å². The van der Waals surface area contributed by atoms with Crippen molar-refractivity contribution in [2.75, 3.05) is 12.3 Å².